The summed E-state index contributed by atoms with van der Waals surface area (Å²) < 4.78 is 28.9. The largest absolute Gasteiger partial charge is 0.338 e. The minimum Gasteiger partial charge on any atom is -0.338 e. The van der Waals surface area contributed by atoms with Crippen molar-refractivity contribution in [3.63, 3.8) is 0 Å². The molecule has 1 atom stereocenters. The van der Waals surface area contributed by atoms with Crippen molar-refractivity contribution < 1.29 is 13.2 Å². The van der Waals surface area contributed by atoms with Crippen molar-refractivity contribution in [3.8, 4) is 6.07 Å². The molecule has 0 saturated carbocycles. The third-order valence-corrected chi connectivity index (χ3v) is 12.1. The first-order valence-corrected chi connectivity index (χ1v) is 16.4. The Labute approximate surface area is 241 Å². The molecule has 1 amide bonds. The maximum absolute atomic E-state index is 13.4. The number of aromatic nitrogens is 1. The zero-order valence-electron chi connectivity index (χ0n) is 25.4. The molecule has 4 heterocycles. The van der Waals surface area contributed by atoms with Gasteiger partial charge in [-0.1, -0.05) is 19.8 Å². The number of nitriles is 1. The summed E-state index contributed by atoms with van der Waals surface area (Å²) in [5.74, 6) is 0.419. The minimum absolute atomic E-state index is 0.0184. The Morgan fingerprint density at radius 3 is 2.27 bits per heavy atom. The van der Waals surface area contributed by atoms with Gasteiger partial charge in [-0.2, -0.15) is 22.3 Å². The van der Waals surface area contributed by atoms with Crippen LogP contribution in [0.2, 0.25) is 0 Å². The third-order valence-electron chi connectivity index (χ3n) is 10.2. The lowest BCUT2D eigenvalue weighted by atomic mass is 9.63. The first kappa shape index (κ1) is 30.9. The topological polar surface area (TPSA) is 101 Å². The van der Waals surface area contributed by atoms with E-state index in [1.165, 1.54) is 4.31 Å². The van der Waals surface area contributed by atoms with Crippen LogP contribution in [0.25, 0.3) is 0 Å². The smallest absolute Gasteiger partial charge is 0.281 e. The average Bonchev–Trinajstić information content (AvgIpc) is 2.92. The van der Waals surface area contributed by atoms with Gasteiger partial charge in [0.1, 0.15) is 11.8 Å². The second-order valence-corrected chi connectivity index (χ2v) is 14.9. The third kappa shape index (κ3) is 5.94. The number of pyridine rings is 1. The zero-order valence-corrected chi connectivity index (χ0v) is 26.2. The summed E-state index contributed by atoms with van der Waals surface area (Å²) in [7, 11) is -0.132. The average molecular weight is 573 g/mol. The molecule has 1 aromatic heterocycles. The van der Waals surface area contributed by atoms with Crippen LogP contribution >= 0.6 is 0 Å². The molecule has 3 aliphatic heterocycles. The molecule has 0 bridgehead atoms. The molecule has 0 N–H and O–H groups in total. The number of piperidine rings is 3. The van der Waals surface area contributed by atoms with E-state index in [-0.39, 0.29) is 16.9 Å². The van der Waals surface area contributed by atoms with E-state index in [0.29, 0.717) is 49.0 Å². The number of carbonyl (C=O) groups is 1. The zero-order chi connectivity index (χ0) is 29.3. The fraction of sp³-hybridized carbons (Fsp3) is 0.767. The summed E-state index contributed by atoms with van der Waals surface area (Å²) >= 11 is 0. The molecule has 0 aliphatic carbocycles. The fourth-order valence-corrected chi connectivity index (χ4v) is 8.55. The van der Waals surface area contributed by atoms with Gasteiger partial charge in [-0.25, -0.2) is 4.98 Å². The molecule has 3 fully saturated rings. The highest BCUT2D eigenvalue weighted by atomic mass is 32.2. The van der Waals surface area contributed by atoms with Crippen LogP contribution in [0.5, 0.6) is 0 Å². The number of aryl methyl sites for hydroxylation is 2. The van der Waals surface area contributed by atoms with Crippen molar-refractivity contribution in [1.29, 1.82) is 5.26 Å². The molecular weight excluding hydrogens is 524 g/mol. The van der Waals surface area contributed by atoms with Gasteiger partial charge < -0.3 is 4.90 Å². The summed E-state index contributed by atoms with van der Waals surface area (Å²) in [4.78, 5) is 22.3. The number of hydrogen-bond acceptors (Lipinski definition) is 6. The molecule has 222 valence electrons. The van der Waals surface area contributed by atoms with Crippen LogP contribution in [-0.2, 0) is 10.2 Å². The van der Waals surface area contributed by atoms with Gasteiger partial charge in [0, 0.05) is 45.8 Å². The number of amides is 1. The number of likely N-dealkylation sites (tertiary alicyclic amines) is 2. The highest BCUT2D eigenvalue weighted by Crippen LogP contribution is 2.49. The van der Waals surface area contributed by atoms with Crippen molar-refractivity contribution in [3.05, 3.63) is 28.6 Å². The summed E-state index contributed by atoms with van der Waals surface area (Å²) in [5, 5.41) is 9.20. The number of unbranched alkanes of at least 4 members (excludes halogenated alkanes) is 1. The second-order valence-electron chi connectivity index (χ2n) is 12.8. The van der Waals surface area contributed by atoms with E-state index in [1.54, 1.807) is 24.5 Å². The van der Waals surface area contributed by atoms with Gasteiger partial charge in [0.05, 0.1) is 11.3 Å². The molecular formula is C30H48N6O3S. The molecule has 10 heteroatoms. The van der Waals surface area contributed by atoms with E-state index in [4.69, 9.17) is 0 Å². The predicted molar refractivity (Wildman–Crippen MR) is 157 cm³/mol. The number of carbonyl (C=O) groups excluding carboxylic acids is 1. The normalized spacial score (nSPS) is 23.9. The minimum atomic E-state index is -3.39. The lowest BCUT2D eigenvalue weighted by Crippen LogP contribution is -2.60. The van der Waals surface area contributed by atoms with E-state index in [0.717, 1.165) is 70.0 Å². The molecule has 1 aromatic rings. The molecule has 40 heavy (non-hydrogen) atoms. The van der Waals surface area contributed by atoms with Gasteiger partial charge in [-0.05, 0) is 95.3 Å². The maximum Gasteiger partial charge on any atom is 0.281 e. The fourth-order valence-electron chi connectivity index (χ4n) is 7.40. The number of hydrogen-bond donors (Lipinski definition) is 0. The quantitative estimate of drug-likeness (QED) is 0.490. The van der Waals surface area contributed by atoms with Crippen molar-refractivity contribution in [1.82, 2.24) is 23.4 Å². The Bertz CT molecular complexity index is 1200. The van der Waals surface area contributed by atoms with E-state index >= 15 is 0 Å². The van der Waals surface area contributed by atoms with Gasteiger partial charge in [0.15, 0.2) is 0 Å². The summed E-state index contributed by atoms with van der Waals surface area (Å²) in [5.41, 5.74) is 2.68. The van der Waals surface area contributed by atoms with Crippen molar-refractivity contribution >= 4 is 16.1 Å². The molecule has 1 unspecified atom stereocenters. The van der Waals surface area contributed by atoms with E-state index in [9.17, 15) is 18.5 Å². The van der Waals surface area contributed by atoms with Crippen LogP contribution < -0.4 is 0 Å². The van der Waals surface area contributed by atoms with Gasteiger partial charge in [0.25, 0.3) is 16.1 Å². The highest BCUT2D eigenvalue weighted by Gasteiger charge is 2.49. The molecule has 1 spiro atoms. The Morgan fingerprint density at radius 1 is 1.10 bits per heavy atom. The molecule has 9 nitrogen and oxygen atoms in total. The van der Waals surface area contributed by atoms with Crippen LogP contribution in [0, 0.1) is 36.5 Å². The second kappa shape index (κ2) is 12.0. The van der Waals surface area contributed by atoms with Crippen molar-refractivity contribution in [2.75, 3.05) is 53.4 Å². The Morgan fingerprint density at radius 2 is 1.73 bits per heavy atom. The van der Waals surface area contributed by atoms with Gasteiger partial charge in [0.2, 0.25) is 0 Å². The van der Waals surface area contributed by atoms with Crippen LogP contribution in [-0.4, -0.2) is 96.6 Å². The van der Waals surface area contributed by atoms with Crippen LogP contribution in [0.4, 0.5) is 0 Å². The van der Waals surface area contributed by atoms with E-state index in [2.05, 4.69) is 29.8 Å². The number of rotatable bonds is 7. The van der Waals surface area contributed by atoms with Crippen LogP contribution in [0.3, 0.4) is 0 Å². The van der Waals surface area contributed by atoms with Gasteiger partial charge >= 0.3 is 0 Å². The van der Waals surface area contributed by atoms with Crippen LogP contribution in [0.15, 0.2) is 6.07 Å². The van der Waals surface area contributed by atoms with Crippen molar-refractivity contribution in [2.24, 2.45) is 11.3 Å². The molecule has 4 rings (SSSR count). The highest BCUT2D eigenvalue weighted by molar-refractivity contribution is 7.86. The standard InChI is InChI=1S/C30H48N6O3S/c1-7-8-9-25-22-36(40(38,39)33(5)6)19-14-30(25)12-17-35(18-13-30)29(4)10-15-34(16-11-29)28(37)27-23(2)20-26(21-31)32-24(27)3/h20,25H,7-19,22H2,1-6H3. The summed E-state index contributed by atoms with van der Waals surface area (Å²) in [6.07, 6.45) is 8.40. The van der Waals surface area contributed by atoms with E-state index < -0.39 is 10.2 Å². The summed E-state index contributed by atoms with van der Waals surface area (Å²) in [6, 6.07) is 3.78. The Hall–Kier alpha value is -2.06. The lowest BCUT2D eigenvalue weighted by molar-refractivity contribution is -0.0487. The molecule has 3 saturated heterocycles. The monoisotopic (exact) mass is 572 g/mol. The molecule has 3 aliphatic rings. The van der Waals surface area contributed by atoms with Gasteiger partial charge in [-0.3, -0.25) is 9.69 Å². The maximum atomic E-state index is 13.4. The molecule has 0 radical (unpaired) electrons. The lowest BCUT2D eigenvalue weighted by Gasteiger charge is -2.56. The van der Waals surface area contributed by atoms with Crippen molar-refractivity contribution in [2.45, 2.75) is 84.6 Å². The first-order valence-electron chi connectivity index (χ1n) is 15.0. The molecule has 0 aromatic carbocycles. The summed E-state index contributed by atoms with van der Waals surface area (Å²) in [6.45, 7) is 13.0. The Balaban J connectivity index is 1.39. The van der Waals surface area contributed by atoms with Gasteiger partial charge in [-0.15, -0.1) is 0 Å². The predicted octanol–water partition coefficient (Wildman–Crippen LogP) is 3.97. The Kier molecular flexibility index (Phi) is 9.30. The number of nitrogens with zero attached hydrogens (tertiary/aromatic N) is 6. The SMILES string of the molecule is CCCCC1CN(S(=O)(=O)N(C)C)CCC12CCN(C1(C)CCN(C(=O)c3c(C)cc(C#N)nc3C)CC1)CC2. The first-order chi connectivity index (χ1) is 18.9. The van der Waals surface area contributed by atoms with Crippen LogP contribution in [0.1, 0.15) is 92.5 Å². The van der Waals surface area contributed by atoms with E-state index in [1.807, 2.05) is 18.7 Å².